The molecule has 10 nitrogen and oxygen atoms in total. The molecule has 0 aliphatic carbocycles. The minimum atomic E-state index is -0.851. The Hall–Kier alpha value is -3.92. The highest BCUT2D eigenvalue weighted by atomic mass is 16.5. The Morgan fingerprint density at radius 1 is 1.08 bits per heavy atom. The van der Waals surface area contributed by atoms with E-state index in [-0.39, 0.29) is 11.3 Å². The standard InChI is InChI=1S/C28H35N3O7/c1-29(2)10-7-11-31-24(18-15-21(35-4)27(37-6)22(16-18)36-5)23(26(33)28(31)34)25(32)17-8-9-20-19(14-17)30(3)12-13-38-20/h8-9,14-16,24,32H,7,10-13H2,1-6H3/b25-23+. The van der Waals surface area contributed by atoms with E-state index in [1.165, 1.54) is 26.2 Å². The number of rotatable bonds is 9. The summed E-state index contributed by atoms with van der Waals surface area (Å²) in [6.45, 7) is 2.30. The van der Waals surface area contributed by atoms with E-state index in [0.717, 1.165) is 12.2 Å². The topological polar surface area (TPSA) is 101 Å². The third-order valence-electron chi connectivity index (χ3n) is 6.87. The number of fused-ring (bicyclic) bond motifs is 1. The lowest BCUT2D eigenvalue weighted by Gasteiger charge is -2.28. The molecule has 1 N–H and O–H groups in total. The van der Waals surface area contributed by atoms with Crippen LogP contribution in [0.15, 0.2) is 35.9 Å². The van der Waals surface area contributed by atoms with Gasteiger partial charge < -0.3 is 38.8 Å². The van der Waals surface area contributed by atoms with Gasteiger partial charge in [0.25, 0.3) is 11.7 Å². The maximum absolute atomic E-state index is 13.5. The number of benzene rings is 2. The van der Waals surface area contributed by atoms with Crippen LogP contribution >= 0.6 is 0 Å². The second kappa shape index (κ2) is 11.2. The molecule has 204 valence electrons. The van der Waals surface area contributed by atoms with E-state index in [2.05, 4.69) is 0 Å². The summed E-state index contributed by atoms with van der Waals surface area (Å²) in [5.41, 5.74) is 1.78. The van der Waals surface area contributed by atoms with E-state index in [4.69, 9.17) is 18.9 Å². The molecule has 0 radical (unpaired) electrons. The van der Waals surface area contributed by atoms with Crippen LogP contribution in [0.25, 0.3) is 5.76 Å². The van der Waals surface area contributed by atoms with Gasteiger partial charge in [-0.05, 0) is 63.0 Å². The van der Waals surface area contributed by atoms with E-state index in [0.29, 0.717) is 60.2 Å². The van der Waals surface area contributed by atoms with Gasteiger partial charge in [0.05, 0.1) is 45.2 Å². The number of aliphatic hydroxyl groups excluding tert-OH is 1. The van der Waals surface area contributed by atoms with Crippen LogP contribution in [-0.4, -0.2) is 95.3 Å². The number of anilines is 1. The normalized spacial score (nSPS) is 18.4. The van der Waals surface area contributed by atoms with Crippen LogP contribution in [0.3, 0.4) is 0 Å². The highest BCUT2D eigenvalue weighted by Crippen LogP contribution is 2.46. The average Bonchev–Trinajstić information content (AvgIpc) is 3.16. The number of likely N-dealkylation sites (N-methyl/N-ethyl adjacent to an activating group) is 1. The summed E-state index contributed by atoms with van der Waals surface area (Å²) < 4.78 is 22.3. The maximum Gasteiger partial charge on any atom is 0.295 e. The molecule has 1 saturated heterocycles. The highest BCUT2D eigenvalue weighted by molar-refractivity contribution is 6.46. The Morgan fingerprint density at radius 2 is 1.76 bits per heavy atom. The molecule has 10 heteroatoms. The van der Waals surface area contributed by atoms with Gasteiger partial charge in [-0.2, -0.15) is 0 Å². The number of ether oxygens (including phenoxy) is 4. The van der Waals surface area contributed by atoms with Crippen molar-refractivity contribution in [1.29, 1.82) is 0 Å². The minimum Gasteiger partial charge on any atom is -0.507 e. The molecule has 0 saturated carbocycles. The summed E-state index contributed by atoms with van der Waals surface area (Å²) in [5, 5.41) is 11.5. The highest BCUT2D eigenvalue weighted by Gasteiger charge is 2.46. The Kier molecular flexibility index (Phi) is 8.01. The number of methoxy groups -OCH3 is 3. The molecule has 38 heavy (non-hydrogen) atoms. The van der Waals surface area contributed by atoms with Gasteiger partial charge in [-0.15, -0.1) is 0 Å². The Labute approximate surface area is 222 Å². The van der Waals surface area contributed by atoms with Crippen LogP contribution in [0.4, 0.5) is 5.69 Å². The number of carbonyl (C=O) groups is 2. The first-order chi connectivity index (χ1) is 18.2. The zero-order chi connectivity index (χ0) is 27.6. The zero-order valence-corrected chi connectivity index (χ0v) is 22.7. The van der Waals surface area contributed by atoms with Gasteiger partial charge in [0.15, 0.2) is 11.5 Å². The molecular weight excluding hydrogens is 490 g/mol. The van der Waals surface area contributed by atoms with Crippen molar-refractivity contribution in [2.45, 2.75) is 12.5 Å². The van der Waals surface area contributed by atoms with Crippen molar-refractivity contribution in [1.82, 2.24) is 9.80 Å². The molecule has 1 unspecified atom stereocenters. The number of amides is 1. The number of nitrogens with zero attached hydrogens (tertiary/aromatic N) is 3. The first-order valence-electron chi connectivity index (χ1n) is 12.4. The predicted molar refractivity (Wildman–Crippen MR) is 143 cm³/mol. The van der Waals surface area contributed by atoms with Crippen LogP contribution in [0.1, 0.15) is 23.6 Å². The monoisotopic (exact) mass is 525 g/mol. The molecule has 0 bridgehead atoms. The number of Topliss-reactive ketones (excluding diaryl/α,β-unsaturated/α-hetero) is 1. The van der Waals surface area contributed by atoms with Gasteiger partial charge in [-0.25, -0.2) is 0 Å². The van der Waals surface area contributed by atoms with Gasteiger partial charge in [-0.3, -0.25) is 9.59 Å². The fourth-order valence-corrected chi connectivity index (χ4v) is 4.93. The summed E-state index contributed by atoms with van der Waals surface area (Å²) in [6.07, 6.45) is 0.641. The second-order valence-corrected chi connectivity index (χ2v) is 9.56. The fourth-order valence-electron chi connectivity index (χ4n) is 4.93. The SMILES string of the molecule is COc1cc(C2/C(=C(\O)c3ccc4c(c3)N(C)CCO4)C(=O)C(=O)N2CCCN(C)C)cc(OC)c1OC. The van der Waals surface area contributed by atoms with Gasteiger partial charge in [0, 0.05) is 19.2 Å². The summed E-state index contributed by atoms with van der Waals surface area (Å²) in [5.74, 6) is 0.193. The van der Waals surface area contributed by atoms with E-state index >= 15 is 0 Å². The lowest BCUT2D eigenvalue weighted by molar-refractivity contribution is -0.139. The smallest absolute Gasteiger partial charge is 0.295 e. The van der Waals surface area contributed by atoms with Crippen LogP contribution in [0.5, 0.6) is 23.0 Å². The zero-order valence-electron chi connectivity index (χ0n) is 22.7. The van der Waals surface area contributed by atoms with Crippen LogP contribution in [-0.2, 0) is 9.59 Å². The van der Waals surface area contributed by atoms with Crippen molar-refractivity contribution in [2.75, 3.05) is 73.6 Å². The van der Waals surface area contributed by atoms with Crippen LogP contribution < -0.4 is 23.8 Å². The van der Waals surface area contributed by atoms with Gasteiger partial charge >= 0.3 is 0 Å². The van der Waals surface area contributed by atoms with E-state index in [1.54, 1.807) is 30.3 Å². The number of carbonyl (C=O) groups excluding carboxylic acids is 2. The van der Waals surface area contributed by atoms with Crippen LogP contribution in [0, 0.1) is 0 Å². The Bertz CT molecular complexity index is 1230. The fraction of sp³-hybridized carbons (Fsp3) is 0.429. The molecule has 2 aromatic carbocycles. The molecule has 1 atom stereocenters. The number of hydrogen-bond acceptors (Lipinski definition) is 9. The van der Waals surface area contributed by atoms with Gasteiger partial charge in [-0.1, -0.05) is 0 Å². The van der Waals surface area contributed by atoms with E-state index in [9.17, 15) is 14.7 Å². The molecule has 2 aliphatic rings. The molecule has 2 aliphatic heterocycles. The van der Waals surface area contributed by atoms with E-state index in [1.807, 2.05) is 30.9 Å². The van der Waals surface area contributed by atoms with Gasteiger partial charge in [0.2, 0.25) is 5.75 Å². The summed E-state index contributed by atoms with van der Waals surface area (Å²) in [4.78, 5) is 32.3. The maximum atomic E-state index is 13.5. The lowest BCUT2D eigenvalue weighted by atomic mass is 9.94. The molecular formula is C28H35N3O7. The largest absolute Gasteiger partial charge is 0.507 e. The number of aliphatic hydroxyl groups is 1. The molecule has 1 fully saturated rings. The average molecular weight is 526 g/mol. The molecule has 0 aromatic heterocycles. The van der Waals surface area contributed by atoms with Crippen molar-refractivity contribution >= 4 is 23.1 Å². The van der Waals surface area contributed by atoms with Crippen molar-refractivity contribution in [3.63, 3.8) is 0 Å². The van der Waals surface area contributed by atoms with Crippen molar-refractivity contribution in [2.24, 2.45) is 0 Å². The second-order valence-electron chi connectivity index (χ2n) is 9.56. The quantitative estimate of drug-likeness (QED) is 0.301. The predicted octanol–water partition coefficient (Wildman–Crippen LogP) is 2.91. The molecule has 1 amide bonds. The van der Waals surface area contributed by atoms with Crippen LogP contribution in [0.2, 0.25) is 0 Å². The number of likely N-dealkylation sites (tertiary alicyclic amines) is 1. The molecule has 0 spiro atoms. The molecule has 2 aromatic rings. The third-order valence-corrected chi connectivity index (χ3v) is 6.87. The Morgan fingerprint density at radius 3 is 2.37 bits per heavy atom. The summed E-state index contributed by atoms with van der Waals surface area (Å²) >= 11 is 0. The first-order valence-corrected chi connectivity index (χ1v) is 12.4. The number of hydrogen-bond donors (Lipinski definition) is 1. The van der Waals surface area contributed by atoms with Gasteiger partial charge in [0.1, 0.15) is 18.1 Å². The lowest BCUT2D eigenvalue weighted by Crippen LogP contribution is -2.32. The first kappa shape index (κ1) is 27.1. The summed E-state index contributed by atoms with van der Waals surface area (Å²) in [7, 11) is 10.3. The molecule has 2 heterocycles. The van der Waals surface area contributed by atoms with Crippen molar-refractivity contribution in [3.05, 3.63) is 47.0 Å². The minimum absolute atomic E-state index is 0.00783. The number of ketones is 1. The molecule has 4 rings (SSSR count). The van der Waals surface area contributed by atoms with E-state index < -0.39 is 17.7 Å². The van der Waals surface area contributed by atoms with Crippen molar-refractivity contribution in [3.8, 4) is 23.0 Å². The summed E-state index contributed by atoms with van der Waals surface area (Å²) in [6, 6.07) is 7.80. The van der Waals surface area contributed by atoms with Crippen molar-refractivity contribution < 1.29 is 33.6 Å². The Balaban J connectivity index is 1.88. The third kappa shape index (κ3) is 4.96.